The average molecular weight is 314 g/mol. The summed E-state index contributed by atoms with van der Waals surface area (Å²) in [6, 6.07) is 0.704. The molecule has 1 fully saturated rings. The summed E-state index contributed by atoms with van der Waals surface area (Å²) in [6.07, 6.45) is 0.535. The van der Waals surface area contributed by atoms with Gasteiger partial charge in [0.05, 0.1) is 0 Å². The molecule has 1 aromatic carbocycles. The first-order valence-electron chi connectivity index (χ1n) is 5.57. The number of sulfonamides is 1. The van der Waals surface area contributed by atoms with Crippen molar-refractivity contribution in [2.24, 2.45) is 5.92 Å². The highest BCUT2D eigenvalue weighted by Crippen LogP contribution is 2.28. The molecule has 0 bridgehead atoms. The van der Waals surface area contributed by atoms with Crippen molar-refractivity contribution in [3.05, 3.63) is 29.6 Å². The van der Waals surface area contributed by atoms with Crippen LogP contribution in [0.5, 0.6) is 0 Å². The number of benzene rings is 1. The Morgan fingerprint density at radius 3 is 2.32 bits per heavy atom. The Balaban J connectivity index is 2.41. The summed E-state index contributed by atoms with van der Waals surface area (Å²) in [5, 5.41) is 0. The minimum atomic E-state index is -4.30. The van der Waals surface area contributed by atoms with Crippen molar-refractivity contribution in [2.75, 3.05) is 19.0 Å². The molecule has 1 aliphatic heterocycles. The first-order valence-corrected chi connectivity index (χ1v) is 7.54. The predicted octanol–water partition coefficient (Wildman–Crippen LogP) is 2.35. The second-order valence-electron chi connectivity index (χ2n) is 4.37. The van der Waals surface area contributed by atoms with E-state index in [2.05, 4.69) is 0 Å². The predicted molar refractivity (Wildman–Crippen MR) is 63.9 cm³/mol. The summed E-state index contributed by atoms with van der Waals surface area (Å²) in [5.74, 6) is -3.77. The molecule has 0 aromatic heterocycles. The second-order valence-corrected chi connectivity index (χ2v) is 6.55. The Bertz CT molecular complexity index is 571. The lowest BCUT2D eigenvalue weighted by atomic mass is 10.2. The van der Waals surface area contributed by atoms with Gasteiger partial charge < -0.3 is 0 Å². The van der Waals surface area contributed by atoms with Crippen molar-refractivity contribution in [3.8, 4) is 0 Å². The molecule has 106 valence electrons. The van der Waals surface area contributed by atoms with Gasteiger partial charge in [0.1, 0.15) is 17.5 Å². The van der Waals surface area contributed by atoms with Crippen molar-refractivity contribution < 1.29 is 21.6 Å². The van der Waals surface area contributed by atoms with Crippen LogP contribution in [0.25, 0.3) is 0 Å². The molecule has 0 aliphatic carbocycles. The van der Waals surface area contributed by atoms with Gasteiger partial charge >= 0.3 is 0 Å². The Kier molecular flexibility index (Phi) is 4.08. The average Bonchev–Trinajstić information content (AvgIpc) is 2.75. The molecular formula is C11H11ClF3NO2S. The monoisotopic (exact) mass is 313 g/mol. The lowest BCUT2D eigenvalue weighted by molar-refractivity contribution is 0.443. The van der Waals surface area contributed by atoms with Gasteiger partial charge in [0.2, 0.25) is 10.0 Å². The summed E-state index contributed by atoms with van der Waals surface area (Å²) < 4.78 is 65.1. The smallest absolute Gasteiger partial charge is 0.207 e. The molecule has 0 radical (unpaired) electrons. The molecule has 1 saturated heterocycles. The number of hydrogen-bond donors (Lipinski definition) is 0. The Labute approximate surface area is 114 Å². The maximum Gasteiger partial charge on any atom is 0.248 e. The Hall–Kier alpha value is -0.790. The van der Waals surface area contributed by atoms with Gasteiger partial charge in [-0.2, -0.15) is 4.31 Å². The van der Waals surface area contributed by atoms with E-state index in [1.165, 1.54) is 0 Å². The fourth-order valence-corrected chi connectivity index (χ4v) is 3.92. The number of rotatable bonds is 3. The third-order valence-corrected chi connectivity index (χ3v) is 5.38. The zero-order valence-electron chi connectivity index (χ0n) is 9.74. The van der Waals surface area contributed by atoms with E-state index >= 15 is 0 Å². The van der Waals surface area contributed by atoms with Crippen molar-refractivity contribution in [3.63, 3.8) is 0 Å². The lowest BCUT2D eigenvalue weighted by Gasteiger charge is -2.17. The Morgan fingerprint density at radius 2 is 1.84 bits per heavy atom. The van der Waals surface area contributed by atoms with E-state index in [0.717, 1.165) is 4.31 Å². The van der Waals surface area contributed by atoms with Crippen molar-refractivity contribution in [2.45, 2.75) is 11.3 Å². The van der Waals surface area contributed by atoms with E-state index in [1.807, 2.05) is 0 Å². The zero-order chi connectivity index (χ0) is 14.2. The van der Waals surface area contributed by atoms with Crippen molar-refractivity contribution in [1.29, 1.82) is 0 Å². The Morgan fingerprint density at radius 1 is 1.26 bits per heavy atom. The highest BCUT2D eigenvalue weighted by atomic mass is 35.5. The molecule has 1 atom stereocenters. The molecule has 0 N–H and O–H groups in total. The molecule has 0 amide bonds. The van der Waals surface area contributed by atoms with Crippen molar-refractivity contribution >= 4 is 21.6 Å². The van der Waals surface area contributed by atoms with Crippen LogP contribution in [0.1, 0.15) is 6.42 Å². The molecule has 8 heteroatoms. The molecule has 1 heterocycles. The number of alkyl halides is 1. The van der Waals surface area contributed by atoms with Crippen LogP contribution in [-0.4, -0.2) is 31.7 Å². The van der Waals surface area contributed by atoms with Crippen LogP contribution >= 0.6 is 11.6 Å². The van der Waals surface area contributed by atoms with Crippen LogP contribution in [0.3, 0.4) is 0 Å². The van der Waals surface area contributed by atoms with Crippen LogP contribution in [0.15, 0.2) is 17.0 Å². The highest BCUT2D eigenvalue weighted by Gasteiger charge is 2.36. The third-order valence-electron chi connectivity index (χ3n) is 3.03. The normalized spacial score (nSPS) is 20.9. The van der Waals surface area contributed by atoms with Gasteiger partial charge in [0.25, 0.3) is 0 Å². The summed E-state index contributed by atoms with van der Waals surface area (Å²) >= 11 is 5.63. The maximum absolute atomic E-state index is 13.5. The third kappa shape index (κ3) is 2.73. The lowest BCUT2D eigenvalue weighted by Crippen LogP contribution is -2.30. The van der Waals surface area contributed by atoms with Crippen molar-refractivity contribution in [1.82, 2.24) is 4.31 Å². The minimum absolute atomic E-state index is 0.0389. The van der Waals surface area contributed by atoms with Gasteiger partial charge in [0.15, 0.2) is 4.90 Å². The quantitative estimate of drug-likeness (QED) is 0.803. The van der Waals surface area contributed by atoms with Gasteiger partial charge in [-0.3, -0.25) is 0 Å². The molecular weight excluding hydrogens is 303 g/mol. The summed E-state index contributed by atoms with van der Waals surface area (Å²) in [7, 11) is -4.30. The first kappa shape index (κ1) is 14.6. The molecule has 1 aromatic rings. The summed E-state index contributed by atoms with van der Waals surface area (Å²) in [6.45, 7) is 0.262. The SMILES string of the molecule is O=S(=O)(c1c(F)cc(F)cc1F)N1CCC(CCl)C1. The molecule has 0 spiro atoms. The number of halogens is 4. The molecule has 1 unspecified atom stereocenters. The van der Waals surface area contributed by atoms with Crippen LogP contribution in [0, 0.1) is 23.4 Å². The van der Waals surface area contributed by atoms with Crippen LogP contribution < -0.4 is 0 Å². The highest BCUT2D eigenvalue weighted by molar-refractivity contribution is 7.89. The van der Waals surface area contributed by atoms with E-state index in [4.69, 9.17) is 11.6 Å². The largest absolute Gasteiger partial charge is 0.248 e. The molecule has 19 heavy (non-hydrogen) atoms. The van der Waals surface area contributed by atoms with Gasteiger partial charge in [-0.15, -0.1) is 11.6 Å². The molecule has 2 rings (SSSR count). The summed E-state index contributed by atoms with van der Waals surface area (Å²) in [4.78, 5) is -1.11. The molecule has 1 aliphatic rings. The number of hydrogen-bond acceptors (Lipinski definition) is 2. The second kappa shape index (κ2) is 5.30. The van der Waals surface area contributed by atoms with Gasteiger partial charge in [-0.05, 0) is 12.3 Å². The molecule has 3 nitrogen and oxygen atoms in total. The fourth-order valence-electron chi connectivity index (χ4n) is 2.05. The van der Waals surface area contributed by atoms with E-state index in [-0.39, 0.29) is 24.9 Å². The standard InChI is InChI=1S/C11H11ClF3NO2S/c12-5-7-1-2-16(6-7)19(17,18)11-9(14)3-8(13)4-10(11)15/h3-4,7H,1-2,5-6H2. The fraction of sp³-hybridized carbons (Fsp3) is 0.455. The number of nitrogens with zero attached hydrogens (tertiary/aromatic N) is 1. The van der Waals surface area contributed by atoms with Crippen LogP contribution in [0.2, 0.25) is 0 Å². The van der Waals surface area contributed by atoms with E-state index < -0.39 is 32.4 Å². The van der Waals surface area contributed by atoms with E-state index in [9.17, 15) is 21.6 Å². The van der Waals surface area contributed by atoms with Gasteiger partial charge in [-0.25, -0.2) is 21.6 Å². The maximum atomic E-state index is 13.5. The van der Waals surface area contributed by atoms with Gasteiger partial charge in [-0.1, -0.05) is 0 Å². The molecule has 0 saturated carbocycles. The van der Waals surface area contributed by atoms with E-state index in [0.29, 0.717) is 18.6 Å². The zero-order valence-corrected chi connectivity index (χ0v) is 11.3. The van der Waals surface area contributed by atoms with Crippen LogP contribution in [0.4, 0.5) is 13.2 Å². The van der Waals surface area contributed by atoms with E-state index in [1.54, 1.807) is 0 Å². The van der Waals surface area contributed by atoms with Crippen LogP contribution in [-0.2, 0) is 10.0 Å². The summed E-state index contributed by atoms with van der Waals surface area (Å²) in [5.41, 5.74) is 0. The van der Waals surface area contributed by atoms with Gasteiger partial charge in [0, 0.05) is 31.1 Å². The first-order chi connectivity index (χ1) is 8.86. The topological polar surface area (TPSA) is 37.4 Å². The minimum Gasteiger partial charge on any atom is -0.207 e.